The maximum Gasteiger partial charge on any atom is 0.509 e. The lowest BCUT2D eigenvalue weighted by atomic mass is 9.79. The van der Waals surface area contributed by atoms with Gasteiger partial charge in [-0.05, 0) is 0 Å². The van der Waals surface area contributed by atoms with E-state index in [2.05, 4.69) is 0 Å². The van der Waals surface area contributed by atoms with Crippen molar-refractivity contribution in [3.05, 3.63) is 29.8 Å². The number of hydrogen-bond donors (Lipinski definition) is 0. The maximum atomic E-state index is 12.7. The molecule has 0 aromatic heterocycles. The Balaban J connectivity index is 3.12. The molecule has 1 aromatic rings. The van der Waals surface area contributed by atoms with Crippen molar-refractivity contribution in [1.29, 1.82) is 0 Å². The predicted octanol–water partition coefficient (Wildman–Crippen LogP) is 3.40. The fourth-order valence-corrected chi connectivity index (χ4v) is 1.07. The number of alkyl halides is 5. The van der Waals surface area contributed by atoms with Gasteiger partial charge in [0.1, 0.15) is 0 Å². The van der Waals surface area contributed by atoms with E-state index in [0.29, 0.717) is 0 Å². The summed E-state index contributed by atoms with van der Waals surface area (Å²) in [5.41, 5.74) is -2.75. The van der Waals surface area contributed by atoms with Gasteiger partial charge >= 0.3 is 19.1 Å². The molecule has 17 heavy (non-hydrogen) atoms. The standard InChI is InChI=1S/C8H4BF8/c10-7(11,8(12,13)14)5-1-3-6(4-2-5)9(15,16)17/h1-4H/q-1. The van der Waals surface area contributed by atoms with Crippen molar-refractivity contribution in [2.45, 2.75) is 12.1 Å². The van der Waals surface area contributed by atoms with Crippen LogP contribution in [-0.4, -0.2) is 13.2 Å². The minimum Gasteiger partial charge on any atom is -0.445 e. The van der Waals surface area contributed by atoms with Crippen molar-refractivity contribution in [2.24, 2.45) is 0 Å². The molecular formula is C8H4BF8-. The van der Waals surface area contributed by atoms with Gasteiger partial charge in [0, 0.05) is 5.56 Å². The molecule has 0 atom stereocenters. The lowest BCUT2D eigenvalue weighted by molar-refractivity contribution is -0.289. The van der Waals surface area contributed by atoms with Gasteiger partial charge in [-0.3, -0.25) is 0 Å². The first-order chi connectivity index (χ1) is 7.46. The average Bonchev–Trinajstić information content (AvgIpc) is 2.15. The Hall–Kier alpha value is -1.28. The van der Waals surface area contributed by atoms with Gasteiger partial charge in [0.2, 0.25) is 0 Å². The summed E-state index contributed by atoms with van der Waals surface area (Å²) in [6.07, 6.45) is -5.84. The molecule has 96 valence electrons. The Morgan fingerprint density at radius 2 is 1.18 bits per heavy atom. The molecule has 0 N–H and O–H groups in total. The van der Waals surface area contributed by atoms with Crippen LogP contribution in [0.2, 0.25) is 0 Å². The molecule has 0 radical (unpaired) electrons. The minimum absolute atomic E-state index is 0.123. The SMILES string of the molecule is F[B-](F)(F)c1ccc(C(F)(F)C(F)(F)F)cc1. The number of benzene rings is 1. The number of hydrogen-bond acceptors (Lipinski definition) is 0. The zero-order chi connectivity index (χ0) is 13.5. The van der Waals surface area contributed by atoms with Crippen LogP contribution in [0.25, 0.3) is 0 Å². The van der Waals surface area contributed by atoms with Crippen LogP contribution in [0.1, 0.15) is 5.56 Å². The topological polar surface area (TPSA) is 0 Å². The maximum absolute atomic E-state index is 12.7. The second-order valence-electron chi connectivity index (χ2n) is 3.27. The van der Waals surface area contributed by atoms with E-state index in [1.54, 1.807) is 0 Å². The van der Waals surface area contributed by atoms with Crippen molar-refractivity contribution >= 4 is 12.4 Å². The van der Waals surface area contributed by atoms with E-state index in [1.165, 1.54) is 0 Å². The highest BCUT2D eigenvalue weighted by Gasteiger charge is 2.58. The fraction of sp³-hybridized carbons (Fsp3) is 0.250. The summed E-state index contributed by atoms with van der Waals surface area (Å²) in [5, 5.41) is 0. The third-order valence-corrected chi connectivity index (χ3v) is 2.01. The van der Waals surface area contributed by atoms with E-state index in [-0.39, 0.29) is 24.3 Å². The van der Waals surface area contributed by atoms with E-state index < -0.39 is 30.1 Å². The van der Waals surface area contributed by atoms with Crippen molar-refractivity contribution in [2.75, 3.05) is 0 Å². The Kier molecular flexibility index (Phi) is 3.15. The van der Waals surface area contributed by atoms with Crippen LogP contribution < -0.4 is 5.46 Å². The molecule has 0 heterocycles. The van der Waals surface area contributed by atoms with Gasteiger partial charge in [0.15, 0.2) is 0 Å². The van der Waals surface area contributed by atoms with Crippen LogP contribution in [-0.2, 0) is 5.92 Å². The molecule has 0 fully saturated rings. The molecule has 0 spiro atoms. The molecule has 0 amide bonds. The molecule has 0 bridgehead atoms. The van der Waals surface area contributed by atoms with Gasteiger partial charge in [-0.15, -0.1) is 5.46 Å². The van der Waals surface area contributed by atoms with E-state index in [9.17, 15) is 34.9 Å². The molecule has 9 heteroatoms. The average molecular weight is 263 g/mol. The summed E-state index contributed by atoms with van der Waals surface area (Å²) in [6, 6.07) is 0.653. The highest BCUT2D eigenvalue weighted by molar-refractivity contribution is 6.73. The Bertz CT molecular complexity index is 387. The van der Waals surface area contributed by atoms with E-state index >= 15 is 0 Å². The third kappa shape index (κ3) is 2.70. The van der Waals surface area contributed by atoms with Gasteiger partial charge in [0.05, 0.1) is 0 Å². The predicted molar refractivity (Wildman–Crippen MR) is 45.1 cm³/mol. The Labute approximate surface area is 90.3 Å². The van der Waals surface area contributed by atoms with Gasteiger partial charge in [0.25, 0.3) is 0 Å². The van der Waals surface area contributed by atoms with Crippen molar-refractivity contribution in [1.82, 2.24) is 0 Å². The molecular weight excluding hydrogens is 259 g/mol. The molecule has 1 rings (SSSR count). The highest BCUT2D eigenvalue weighted by Crippen LogP contribution is 2.43. The molecule has 0 saturated heterocycles. The van der Waals surface area contributed by atoms with Crippen LogP contribution in [0, 0.1) is 0 Å². The zero-order valence-corrected chi connectivity index (χ0v) is 7.91. The first-order valence-corrected chi connectivity index (χ1v) is 4.21. The normalized spacial score (nSPS) is 13.9. The van der Waals surface area contributed by atoms with Gasteiger partial charge in [-0.25, -0.2) is 0 Å². The third-order valence-electron chi connectivity index (χ3n) is 2.01. The number of rotatable bonds is 2. The lowest BCUT2D eigenvalue weighted by Gasteiger charge is -2.21. The molecule has 1 aromatic carbocycles. The Morgan fingerprint density at radius 3 is 1.47 bits per heavy atom. The van der Waals surface area contributed by atoms with E-state index in [4.69, 9.17) is 0 Å². The summed E-state index contributed by atoms with van der Waals surface area (Å²) >= 11 is 0. The van der Waals surface area contributed by atoms with Gasteiger partial charge in [-0.1, -0.05) is 24.3 Å². The summed E-state index contributed by atoms with van der Waals surface area (Å²) in [6.45, 7) is -5.42. The first-order valence-electron chi connectivity index (χ1n) is 4.21. The van der Waals surface area contributed by atoms with Crippen LogP contribution >= 0.6 is 0 Å². The van der Waals surface area contributed by atoms with Crippen molar-refractivity contribution < 1.29 is 34.9 Å². The first kappa shape index (κ1) is 13.8. The quantitative estimate of drug-likeness (QED) is 0.566. The molecule has 0 aliphatic carbocycles. The molecule has 0 nitrogen and oxygen atoms in total. The van der Waals surface area contributed by atoms with Crippen LogP contribution in [0.5, 0.6) is 0 Å². The summed E-state index contributed by atoms with van der Waals surface area (Å²) in [5.74, 6) is -5.16. The second-order valence-corrected chi connectivity index (χ2v) is 3.27. The fourth-order valence-electron chi connectivity index (χ4n) is 1.07. The van der Waals surface area contributed by atoms with Gasteiger partial charge < -0.3 is 12.9 Å². The zero-order valence-electron chi connectivity index (χ0n) is 7.91. The smallest absolute Gasteiger partial charge is 0.445 e. The van der Waals surface area contributed by atoms with Crippen LogP contribution in [0.15, 0.2) is 24.3 Å². The highest BCUT2D eigenvalue weighted by atomic mass is 19.4. The lowest BCUT2D eigenvalue weighted by Crippen LogP contribution is -2.36. The minimum atomic E-state index is -5.84. The van der Waals surface area contributed by atoms with E-state index in [0.717, 1.165) is 0 Å². The molecule has 0 unspecified atom stereocenters. The molecule has 0 aliphatic heterocycles. The summed E-state index contributed by atoms with van der Waals surface area (Å²) < 4.78 is 97.3. The second kappa shape index (κ2) is 3.88. The monoisotopic (exact) mass is 263 g/mol. The van der Waals surface area contributed by atoms with Gasteiger partial charge in [-0.2, -0.15) is 22.0 Å². The molecule has 0 aliphatic rings. The summed E-state index contributed by atoms with van der Waals surface area (Å²) in [7, 11) is 0. The van der Waals surface area contributed by atoms with Crippen LogP contribution in [0.4, 0.5) is 34.9 Å². The van der Waals surface area contributed by atoms with Crippen molar-refractivity contribution in [3.63, 3.8) is 0 Å². The van der Waals surface area contributed by atoms with E-state index in [1.807, 2.05) is 0 Å². The van der Waals surface area contributed by atoms with Crippen molar-refractivity contribution in [3.8, 4) is 0 Å². The number of halogens is 8. The molecule has 0 saturated carbocycles. The summed E-state index contributed by atoms with van der Waals surface area (Å²) in [4.78, 5) is 0. The Morgan fingerprint density at radius 1 is 0.765 bits per heavy atom. The van der Waals surface area contributed by atoms with Crippen LogP contribution in [0.3, 0.4) is 0 Å². The largest absolute Gasteiger partial charge is 0.509 e.